The van der Waals surface area contributed by atoms with Crippen LogP contribution in [0.2, 0.25) is 0 Å². The second kappa shape index (κ2) is 6.73. The summed E-state index contributed by atoms with van der Waals surface area (Å²) in [5, 5.41) is 5.80. The third-order valence-electron chi connectivity index (χ3n) is 4.40. The molecule has 0 N–H and O–H groups in total. The van der Waals surface area contributed by atoms with E-state index >= 15 is 0 Å². The molecule has 0 unspecified atom stereocenters. The second-order valence-corrected chi connectivity index (χ2v) is 6.47. The van der Waals surface area contributed by atoms with Gasteiger partial charge in [0.15, 0.2) is 0 Å². The molecule has 0 spiro atoms. The van der Waals surface area contributed by atoms with Crippen molar-refractivity contribution >= 4 is 23.2 Å². The van der Waals surface area contributed by atoms with Crippen LogP contribution in [0.15, 0.2) is 23.3 Å². The maximum absolute atomic E-state index is 12.7. The van der Waals surface area contributed by atoms with Gasteiger partial charge in [0, 0.05) is 25.9 Å². The van der Waals surface area contributed by atoms with Gasteiger partial charge < -0.3 is 9.64 Å². The first-order valence-electron chi connectivity index (χ1n) is 8.34. The fourth-order valence-electron chi connectivity index (χ4n) is 3.03. The van der Waals surface area contributed by atoms with E-state index in [1.807, 2.05) is 39.0 Å². The van der Waals surface area contributed by atoms with Gasteiger partial charge >= 0.3 is 0 Å². The van der Waals surface area contributed by atoms with Gasteiger partial charge in [-0.2, -0.15) is 5.10 Å². The van der Waals surface area contributed by atoms with Crippen LogP contribution in [-0.2, 0) is 14.3 Å². The molecule has 3 rings (SSSR count). The van der Waals surface area contributed by atoms with Gasteiger partial charge in [0.25, 0.3) is 5.91 Å². The highest BCUT2D eigenvalue weighted by Gasteiger charge is 2.30. The number of ether oxygens (including phenoxy) is 1. The molecule has 6 nitrogen and oxygen atoms in total. The van der Waals surface area contributed by atoms with Gasteiger partial charge in [0.1, 0.15) is 5.71 Å². The minimum Gasteiger partial charge on any atom is -0.375 e. The average molecular weight is 329 g/mol. The van der Waals surface area contributed by atoms with E-state index in [1.54, 1.807) is 4.90 Å². The third kappa shape index (κ3) is 3.33. The van der Waals surface area contributed by atoms with Crippen molar-refractivity contribution in [3.8, 4) is 0 Å². The lowest BCUT2D eigenvalue weighted by atomic mass is 10.1. The highest BCUT2D eigenvalue weighted by atomic mass is 16.5. The van der Waals surface area contributed by atoms with Gasteiger partial charge in [-0.25, -0.2) is 5.01 Å². The number of aryl methyl sites for hydroxylation is 2. The molecule has 0 aromatic heterocycles. The molecule has 0 aliphatic carbocycles. The standard InChI is InChI=1S/C18H23N3O3/c1-12-4-5-13(2)16(10-12)21-17(22)7-6-15(19-21)18(23)20-8-9-24-14(3)11-20/h4-5,10,14H,6-9,11H2,1-3H3/t14-/m1/s1. The Hall–Kier alpha value is -2.21. The maximum atomic E-state index is 12.7. The van der Waals surface area contributed by atoms with E-state index < -0.39 is 0 Å². The number of benzene rings is 1. The number of hydrazone groups is 1. The zero-order valence-corrected chi connectivity index (χ0v) is 14.4. The Balaban J connectivity index is 1.88. The number of amides is 2. The van der Waals surface area contributed by atoms with Crippen LogP contribution in [0.1, 0.15) is 30.9 Å². The van der Waals surface area contributed by atoms with Gasteiger partial charge in [0.2, 0.25) is 5.91 Å². The van der Waals surface area contributed by atoms with E-state index in [1.165, 1.54) is 5.01 Å². The molecule has 1 fully saturated rings. The van der Waals surface area contributed by atoms with E-state index in [0.717, 1.165) is 16.8 Å². The van der Waals surface area contributed by atoms with Crippen molar-refractivity contribution in [1.82, 2.24) is 4.90 Å². The number of carbonyl (C=O) groups is 2. The molecule has 0 saturated carbocycles. The van der Waals surface area contributed by atoms with Crippen LogP contribution in [0.3, 0.4) is 0 Å². The molecule has 24 heavy (non-hydrogen) atoms. The maximum Gasteiger partial charge on any atom is 0.270 e. The van der Waals surface area contributed by atoms with Crippen LogP contribution in [0.25, 0.3) is 0 Å². The smallest absolute Gasteiger partial charge is 0.270 e. The first-order valence-corrected chi connectivity index (χ1v) is 8.34. The van der Waals surface area contributed by atoms with E-state index in [2.05, 4.69) is 5.10 Å². The summed E-state index contributed by atoms with van der Waals surface area (Å²) >= 11 is 0. The summed E-state index contributed by atoms with van der Waals surface area (Å²) in [5.74, 6) is -0.163. The SMILES string of the molecule is Cc1ccc(C)c(N2N=C(C(=O)N3CCO[C@H](C)C3)CCC2=O)c1. The molecule has 0 bridgehead atoms. The fourth-order valence-corrected chi connectivity index (χ4v) is 3.03. The minimum absolute atomic E-state index is 0.0312. The number of hydrogen-bond donors (Lipinski definition) is 0. The summed E-state index contributed by atoms with van der Waals surface area (Å²) in [5.41, 5.74) is 3.22. The monoisotopic (exact) mass is 329 g/mol. The number of morpholine rings is 1. The number of anilines is 1. The predicted molar refractivity (Wildman–Crippen MR) is 92.1 cm³/mol. The van der Waals surface area contributed by atoms with Crippen molar-refractivity contribution in [3.63, 3.8) is 0 Å². The van der Waals surface area contributed by atoms with Crippen LogP contribution in [0.4, 0.5) is 5.69 Å². The van der Waals surface area contributed by atoms with Crippen LogP contribution in [0.5, 0.6) is 0 Å². The Kier molecular flexibility index (Phi) is 4.66. The summed E-state index contributed by atoms with van der Waals surface area (Å²) in [4.78, 5) is 26.8. The summed E-state index contributed by atoms with van der Waals surface area (Å²) in [7, 11) is 0. The summed E-state index contributed by atoms with van der Waals surface area (Å²) in [6.45, 7) is 7.54. The number of hydrogen-bond acceptors (Lipinski definition) is 4. The van der Waals surface area contributed by atoms with Gasteiger partial charge in [-0.05, 0) is 38.0 Å². The molecule has 1 aromatic rings. The van der Waals surface area contributed by atoms with Gasteiger partial charge in [-0.1, -0.05) is 12.1 Å². The molecule has 2 aliphatic rings. The van der Waals surface area contributed by atoms with E-state index in [0.29, 0.717) is 38.2 Å². The van der Waals surface area contributed by atoms with Crippen molar-refractivity contribution in [2.45, 2.75) is 39.7 Å². The minimum atomic E-state index is -0.0899. The Morgan fingerprint density at radius 2 is 2.08 bits per heavy atom. The van der Waals surface area contributed by atoms with Crippen LogP contribution >= 0.6 is 0 Å². The molecule has 2 aliphatic heterocycles. The number of rotatable bonds is 2. The molecule has 2 heterocycles. The van der Waals surface area contributed by atoms with E-state index in [9.17, 15) is 9.59 Å². The zero-order valence-electron chi connectivity index (χ0n) is 14.4. The Morgan fingerprint density at radius 1 is 1.29 bits per heavy atom. The summed E-state index contributed by atoms with van der Waals surface area (Å²) in [6.07, 6.45) is 0.728. The molecule has 1 aromatic carbocycles. The molecular formula is C18H23N3O3. The summed E-state index contributed by atoms with van der Waals surface area (Å²) < 4.78 is 5.48. The average Bonchev–Trinajstić information content (AvgIpc) is 2.57. The molecule has 2 amide bonds. The molecular weight excluding hydrogens is 306 g/mol. The Morgan fingerprint density at radius 3 is 2.83 bits per heavy atom. The molecule has 1 saturated heterocycles. The lowest BCUT2D eigenvalue weighted by Crippen LogP contribution is -2.48. The third-order valence-corrected chi connectivity index (χ3v) is 4.40. The Labute approximate surface area is 142 Å². The van der Waals surface area contributed by atoms with Gasteiger partial charge in [0.05, 0.1) is 18.4 Å². The topological polar surface area (TPSA) is 62.2 Å². The van der Waals surface area contributed by atoms with Crippen molar-refractivity contribution < 1.29 is 14.3 Å². The van der Waals surface area contributed by atoms with Crippen molar-refractivity contribution in [1.29, 1.82) is 0 Å². The largest absolute Gasteiger partial charge is 0.375 e. The quantitative estimate of drug-likeness (QED) is 0.834. The van der Waals surface area contributed by atoms with Crippen molar-refractivity contribution in [3.05, 3.63) is 29.3 Å². The van der Waals surface area contributed by atoms with Gasteiger partial charge in [-0.15, -0.1) is 0 Å². The van der Waals surface area contributed by atoms with Gasteiger partial charge in [-0.3, -0.25) is 9.59 Å². The molecule has 128 valence electrons. The van der Waals surface area contributed by atoms with Crippen molar-refractivity contribution in [2.75, 3.05) is 24.7 Å². The highest BCUT2D eigenvalue weighted by Crippen LogP contribution is 2.25. The summed E-state index contributed by atoms with van der Waals surface area (Å²) in [6, 6.07) is 5.90. The normalized spacial score (nSPS) is 21.7. The Bertz CT molecular complexity index is 699. The zero-order chi connectivity index (χ0) is 17.3. The number of carbonyl (C=O) groups excluding carboxylic acids is 2. The first-order chi connectivity index (χ1) is 11.5. The molecule has 1 atom stereocenters. The number of nitrogens with zero attached hydrogens (tertiary/aromatic N) is 3. The van der Waals surface area contributed by atoms with E-state index in [-0.39, 0.29) is 17.9 Å². The second-order valence-electron chi connectivity index (χ2n) is 6.47. The van der Waals surface area contributed by atoms with Crippen molar-refractivity contribution in [2.24, 2.45) is 5.10 Å². The van der Waals surface area contributed by atoms with Crippen LogP contribution < -0.4 is 5.01 Å². The predicted octanol–water partition coefficient (Wildman–Crippen LogP) is 2.03. The van der Waals surface area contributed by atoms with Crippen LogP contribution in [-0.4, -0.2) is 48.2 Å². The molecule has 0 radical (unpaired) electrons. The fraction of sp³-hybridized carbons (Fsp3) is 0.500. The van der Waals surface area contributed by atoms with E-state index in [4.69, 9.17) is 4.74 Å². The molecule has 6 heteroatoms. The lowest BCUT2D eigenvalue weighted by molar-refractivity contribution is -0.131. The highest BCUT2D eigenvalue weighted by molar-refractivity contribution is 6.40. The van der Waals surface area contributed by atoms with Crippen LogP contribution in [0, 0.1) is 13.8 Å². The first kappa shape index (κ1) is 16.6. The lowest BCUT2D eigenvalue weighted by Gasteiger charge is -2.32.